The molecule has 2 fully saturated rings. The van der Waals surface area contributed by atoms with Crippen LogP contribution in [0, 0.1) is 17.7 Å². The summed E-state index contributed by atoms with van der Waals surface area (Å²) in [6.45, 7) is 1.71. The molecule has 0 radical (unpaired) electrons. The van der Waals surface area contributed by atoms with E-state index in [0.717, 1.165) is 37.9 Å². The SMILES string of the molecule is Cn1cc(CC2CCN(C(=O)C3CC3c3ccc(F)cc3)C2)cn1. The third kappa shape index (κ3) is 3.07. The van der Waals surface area contributed by atoms with Crippen molar-refractivity contribution in [2.75, 3.05) is 13.1 Å². The fourth-order valence-corrected chi connectivity index (χ4v) is 3.89. The van der Waals surface area contributed by atoms with Crippen LogP contribution in [0.5, 0.6) is 0 Å². The first-order valence-corrected chi connectivity index (χ1v) is 8.62. The van der Waals surface area contributed by atoms with Crippen molar-refractivity contribution < 1.29 is 9.18 Å². The van der Waals surface area contributed by atoms with Gasteiger partial charge < -0.3 is 4.90 Å². The molecule has 1 aliphatic carbocycles. The van der Waals surface area contributed by atoms with Crippen LogP contribution in [0.2, 0.25) is 0 Å². The number of carbonyl (C=O) groups excluding carboxylic acids is 1. The molecule has 4 rings (SSSR count). The highest BCUT2D eigenvalue weighted by atomic mass is 19.1. The summed E-state index contributed by atoms with van der Waals surface area (Å²) in [7, 11) is 1.93. The molecule has 4 nitrogen and oxygen atoms in total. The second-order valence-electron chi connectivity index (χ2n) is 7.17. The van der Waals surface area contributed by atoms with Gasteiger partial charge in [-0.25, -0.2) is 4.39 Å². The number of aromatic nitrogens is 2. The molecular weight excluding hydrogens is 305 g/mol. The smallest absolute Gasteiger partial charge is 0.226 e. The molecule has 0 N–H and O–H groups in total. The van der Waals surface area contributed by atoms with Gasteiger partial charge in [-0.2, -0.15) is 5.10 Å². The van der Waals surface area contributed by atoms with Crippen molar-refractivity contribution in [2.45, 2.75) is 25.2 Å². The van der Waals surface area contributed by atoms with Crippen molar-refractivity contribution in [2.24, 2.45) is 18.9 Å². The van der Waals surface area contributed by atoms with Gasteiger partial charge in [0.25, 0.3) is 0 Å². The van der Waals surface area contributed by atoms with Crippen molar-refractivity contribution in [1.82, 2.24) is 14.7 Å². The Morgan fingerprint density at radius 1 is 1.33 bits per heavy atom. The number of halogens is 1. The molecule has 1 amide bonds. The molecule has 3 atom stereocenters. The van der Waals surface area contributed by atoms with Crippen molar-refractivity contribution in [3.63, 3.8) is 0 Å². The van der Waals surface area contributed by atoms with Crippen LogP contribution in [0.25, 0.3) is 0 Å². The highest BCUT2D eigenvalue weighted by Crippen LogP contribution is 2.48. The van der Waals surface area contributed by atoms with Gasteiger partial charge in [-0.15, -0.1) is 0 Å². The molecule has 1 saturated carbocycles. The van der Waals surface area contributed by atoms with E-state index in [1.54, 1.807) is 0 Å². The largest absolute Gasteiger partial charge is 0.342 e. The normalized spacial score (nSPS) is 25.9. The van der Waals surface area contributed by atoms with Crippen LogP contribution in [-0.2, 0) is 18.3 Å². The molecule has 0 bridgehead atoms. The van der Waals surface area contributed by atoms with E-state index in [-0.39, 0.29) is 23.6 Å². The lowest BCUT2D eigenvalue weighted by Gasteiger charge is -2.16. The number of rotatable bonds is 4. The van der Waals surface area contributed by atoms with Crippen LogP contribution in [0.4, 0.5) is 4.39 Å². The number of likely N-dealkylation sites (tertiary alicyclic amines) is 1. The zero-order valence-corrected chi connectivity index (χ0v) is 13.9. The molecule has 24 heavy (non-hydrogen) atoms. The summed E-state index contributed by atoms with van der Waals surface area (Å²) in [5.41, 5.74) is 2.33. The van der Waals surface area contributed by atoms with Gasteiger partial charge in [-0.1, -0.05) is 12.1 Å². The first-order valence-electron chi connectivity index (χ1n) is 8.62. The zero-order valence-electron chi connectivity index (χ0n) is 13.9. The Balaban J connectivity index is 1.32. The predicted octanol–water partition coefficient (Wildman–Crippen LogP) is 2.75. The minimum atomic E-state index is -0.222. The molecule has 5 heteroatoms. The van der Waals surface area contributed by atoms with Gasteiger partial charge in [0, 0.05) is 32.3 Å². The molecule has 1 aliphatic heterocycles. The summed E-state index contributed by atoms with van der Waals surface area (Å²) in [6, 6.07) is 6.58. The maximum atomic E-state index is 13.0. The van der Waals surface area contributed by atoms with Gasteiger partial charge in [0.15, 0.2) is 0 Å². The van der Waals surface area contributed by atoms with Gasteiger partial charge >= 0.3 is 0 Å². The first-order chi connectivity index (χ1) is 11.6. The van der Waals surface area contributed by atoms with Gasteiger partial charge in [-0.3, -0.25) is 9.48 Å². The lowest BCUT2D eigenvalue weighted by Crippen LogP contribution is -2.30. The van der Waals surface area contributed by atoms with E-state index in [4.69, 9.17) is 0 Å². The van der Waals surface area contributed by atoms with Crippen molar-refractivity contribution in [3.8, 4) is 0 Å². The number of nitrogens with zero attached hydrogens (tertiary/aromatic N) is 3. The maximum absolute atomic E-state index is 13.0. The van der Waals surface area contributed by atoms with E-state index in [1.165, 1.54) is 17.7 Å². The Kier molecular flexibility index (Phi) is 3.87. The topological polar surface area (TPSA) is 38.1 Å². The van der Waals surface area contributed by atoms with Crippen LogP contribution < -0.4 is 0 Å². The van der Waals surface area contributed by atoms with Crippen LogP contribution in [-0.4, -0.2) is 33.7 Å². The molecule has 3 unspecified atom stereocenters. The molecule has 2 aromatic rings. The summed E-state index contributed by atoms with van der Waals surface area (Å²) in [5, 5.41) is 4.21. The zero-order chi connectivity index (χ0) is 16.7. The number of amides is 1. The van der Waals surface area contributed by atoms with E-state index in [2.05, 4.69) is 11.3 Å². The van der Waals surface area contributed by atoms with Gasteiger partial charge in [0.1, 0.15) is 5.82 Å². The molecule has 1 saturated heterocycles. The van der Waals surface area contributed by atoms with E-state index in [0.29, 0.717) is 5.92 Å². The van der Waals surface area contributed by atoms with Crippen molar-refractivity contribution in [3.05, 3.63) is 53.6 Å². The number of hydrogen-bond acceptors (Lipinski definition) is 2. The van der Waals surface area contributed by atoms with Crippen molar-refractivity contribution in [1.29, 1.82) is 0 Å². The standard InChI is InChI=1S/C19H22FN3O/c1-22-11-14(10-21-22)8-13-6-7-23(12-13)19(24)18-9-17(18)15-2-4-16(20)5-3-15/h2-5,10-11,13,17-18H,6-9,12H2,1H3. The van der Waals surface area contributed by atoms with E-state index >= 15 is 0 Å². The number of benzene rings is 1. The number of aryl methyl sites for hydroxylation is 1. The summed E-state index contributed by atoms with van der Waals surface area (Å²) in [5.74, 6) is 0.947. The summed E-state index contributed by atoms with van der Waals surface area (Å²) < 4.78 is 14.8. The molecule has 0 spiro atoms. The predicted molar refractivity (Wildman–Crippen MR) is 88.8 cm³/mol. The second-order valence-corrected chi connectivity index (χ2v) is 7.17. The van der Waals surface area contributed by atoms with Gasteiger partial charge in [0.05, 0.1) is 6.20 Å². The lowest BCUT2D eigenvalue weighted by atomic mass is 10.0. The average Bonchev–Trinajstić information content (AvgIpc) is 3.05. The van der Waals surface area contributed by atoms with Gasteiger partial charge in [-0.05, 0) is 54.4 Å². The Morgan fingerprint density at radius 3 is 2.83 bits per heavy atom. The Morgan fingerprint density at radius 2 is 2.12 bits per heavy atom. The highest BCUT2D eigenvalue weighted by molar-refractivity contribution is 5.83. The Hall–Kier alpha value is -2.17. The fraction of sp³-hybridized carbons (Fsp3) is 0.474. The molecule has 2 aliphatic rings. The first kappa shape index (κ1) is 15.4. The van der Waals surface area contributed by atoms with Crippen LogP contribution >= 0.6 is 0 Å². The Bertz CT molecular complexity index is 739. The van der Waals surface area contributed by atoms with E-state index in [1.807, 2.05) is 35.0 Å². The number of hydrogen-bond donors (Lipinski definition) is 0. The van der Waals surface area contributed by atoms with Crippen LogP contribution in [0.15, 0.2) is 36.7 Å². The molecule has 126 valence electrons. The molecule has 2 heterocycles. The molecule has 1 aromatic heterocycles. The van der Waals surface area contributed by atoms with Gasteiger partial charge in [0.2, 0.25) is 5.91 Å². The van der Waals surface area contributed by atoms with Crippen LogP contribution in [0.3, 0.4) is 0 Å². The average molecular weight is 327 g/mol. The maximum Gasteiger partial charge on any atom is 0.226 e. The number of carbonyl (C=O) groups is 1. The van der Waals surface area contributed by atoms with Crippen LogP contribution in [0.1, 0.15) is 29.9 Å². The third-order valence-corrected chi connectivity index (χ3v) is 5.29. The monoisotopic (exact) mass is 327 g/mol. The van der Waals surface area contributed by atoms with E-state index in [9.17, 15) is 9.18 Å². The lowest BCUT2D eigenvalue weighted by molar-refractivity contribution is -0.131. The van der Waals surface area contributed by atoms with Crippen molar-refractivity contribution >= 4 is 5.91 Å². The van der Waals surface area contributed by atoms with E-state index < -0.39 is 0 Å². The molecule has 1 aromatic carbocycles. The quantitative estimate of drug-likeness (QED) is 0.866. The molecular formula is C19H22FN3O. The summed E-state index contributed by atoms with van der Waals surface area (Å²) >= 11 is 0. The third-order valence-electron chi connectivity index (χ3n) is 5.29. The minimum absolute atomic E-state index is 0.0904. The second kappa shape index (κ2) is 6.04. The fourth-order valence-electron chi connectivity index (χ4n) is 3.89. The highest BCUT2D eigenvalue weighted by Gasteiger charge is 2.46. The Labute approximate surface area is 141 Å². The summed E-state index contributed by atoms with van der Waals surface area (Å²) in [6.07, 6.45) is 6.92. The minimum Gasteiger partial charge on any atom is -0.342 e. The summed E-state index contributed by atoms with van der Waals surface area (Å²) in [4.78, 5) is 14.7.